The number of amides is 1. The van der Waals surface area contributed by atoms with Gasteiger partial charge in [-0.1, -0.05) is 12.1 Å². The largest absolute Gasteiger partial charge is 0.508 e. The summed E-state index contributed by atoms with van der Waals surface area (Å²) < 4.78 is 0. The molecule has 0 saturated heterocycles. The molecule has 202 valence electrons. The Balaban J connectivity index is 1.93. The quantitative estimate of drug-likeness (QED) is 0.154. The zero-order valence-electron chi connectivity index (χ0n) is 20.4. The van der Waals surface area contributed by atoms with Crippen molar-refractivity contribution in [3.05, 3.63) is 40.7 Å². The summed E-state index contributed by atoms with van der Waals surface area (Å²) >= 11 is 7.33. The molecular formula is C25H31ClN2O8S. The van der Waals surface area contributed by atoms with Crippen molar-refractivity contribution in [3.63, 3.8) is 0 Å². The van der Waals surface area contributed by atoms with Crippen LogP contribution in [0.15, 0.2) is 29.5 Å². The molecule has 37 heavy (non-hydrogen) atoms. The molecule has 3 aliphatic carbocycles. The van der Waals surface area contributed by atoms with Gasteiger partial charge < -0.3 is 31.3 Å². The SMILES string of the molecule is CN(C)[C@@H]1C(=O)C(C(N)=O)=C(O)[C@@]2(O)C(O)C3C(=O)c4c(O)cccc4[C@H](CSCCCCl)C3[C@H](O)C12. The van der Waals surface area contributed by atoms with Gasteiger partial charge in [0.2, 0.25) is 0 Å². The second kappa shape index (κ2) is 10.2. The summed E-state index contributed by atoms with van der Waals surface area (Å²) in [6.45, 7) is 0. The summed E-state index contributed by atoms with van der Waals surface area (Å²) in [5, 5.41) is 56.8. The van der Waals surface area contributed by atoms with Gasteiger partial charge in [0.1, 0.15) is 23.2 Å². The highest BCUT2D eigenvalue weighted by molar-refractivity contribution is 7.99. The van der Waals surface area contributed by atoms with Crippen LogP contribution in [-0.2, 0) is 9.59 Å². The first-order valence-corrected chi connectivity index (χ1v) is 13.6. The number of benzene rings is 1. The van der Waals surface area contributed by atoms with Crippen molar-refractivity contribution in [1.29, 1.82) is 0 Å². The number of primary amides is 1. The van der Waals surface area contributed by atoms with Crippen LogP contribution in [0.1, 0.15) is 28.3 Å². The molecule has 0 radical (unpaired) electrons. The molecule has 7 N–H and O–H groups in total. The first-order chi connectivity index (χ1) is 17.4. The van der Waals surface area contributed by atoms with Crippen LogP contribution >= 0.6 is 23.4 Å². The van der Waals surface area contributed by atoms with Gasteiger partial charge >= 0.3 is 0 Å². The average molecular weight is 555 g/mol. The van der Waals surface area contributed by atoms with E-state index in [1.165, 1.54) is 36.8 Å². The van der Waals surface area contributed by atoms with Crippen molar-refractivity contribution in [2.24, 2.45) is 23.5 Å². The fourth-order valence-corrected chi connectivity index (χ4v) is 7.89. The van der Waals surface area contributed by atoms with E-state index in [0.29, 0.717) is 22.9 Å². The van der Waals surface area contributed by atoms with Crippen molar-refractivity contribution in [2.45, 2.75) is 36.2 Å². The Morgan fingerprint density at radius 3 is 2.46 bits per heavy atom. The maximum absolute atomic E-state index is 13.7. The van der Waals surface area contributed by atoms with E-state index < -0.39 is 76.3 Å². The number of aliphatic hydroxyl groups excluding tert-OH is 3. The molecule has 8 atom stereocenters. The van der Waals surface area contributed by atoms with Gasteiger partial charge in [-0.3, -0.25) is 19.3 Å². The molecule has 0 aromatic heterocycles. The van der Waals surface area contributed by atoms with Crippen LogP contribution in [0.25, 0.3) is 0 Å². The highest BCUT2D eigenvalue weighted by atomic mass is 35.5. The number of carbonyl (C=O) groups is 3. The molecule has 1 aromatic carbocycles. The van der Waals surface area contributed by atoms with Crippen molar-refractivity contribution >= 4 is 40.8 Å². The Morgan fingerprint density at radius 2 is 1.86 bits per heavy atom. The predicted molar refractivity (Wildman–Crippen MR) is 137 cm³/mol. The average Bonchev–Trinajstić information content (AvgIpc) is 2.82. The summed E-state index contributed by atoms with van der Waals surface area (Å²) in [4.78, 5) is 40.5. The molecule has 10 nitrogen and oxygen atoms in total. The third kappa shape index (κ3) is 4.07. The van der Waals surface area contributed by atoms with Crippen molar-refractivity contribution in [1.82, 2.24) is 4.90 Å². The first kappa shape index (κ1) is 27.9. The van der Waals surface area contributed by atoms with Crippen LogP contribution in [0.2, 0.25) is 0 Å². The van der Waals surface area contributed by atoms with Gasteiger partial charge in [0.25, 0.3) is 5.91 Å². The molecule has 0 heterocycles. The van der Waals surface area contributed by atoms with Crippen LogP contribution in [0.4, 0.5) is 0 Å². The van der Waals surface area contributed by atoms with Gasteiger partial charge in [0, 0.05) is 23.5 Å². The summed E-state index contributed by atoms with van der Waals surface area (Å²) in [5.41, 5.74) is 2.19. The number of thioether (sulfide) groups is 1. The van der Waals surface area contributed by atoms with Gasteiger partial charge in [-0.15, -0.1) is 11.6 Å². The topological polar surface area (TPSA) is 182 Å². The number of likely N-dealkylation sites (N-methyl/N-ethyl adjacent to an activating group) is 1. The van der Waals surface area contributed by atoms with Crippen LogP contribution < -0.4 is 5.73 Å². The lowest BCUT2D eigenvalue weighted by Crippen LogP contribution is -2.74. The second-order valence-corrected chi connectivity index (χ2v) is 11.6. The number of halogens is 1. The minimum absolute atomic E-state index is 0.0327. The normalized spacial score (nSPS) is 35.3. The molecule has 1 saturated carbocycles. The third-order valence-electron chi connectivity index (χ3n) is 7.96. The maximum atomic E-state index is 13.7. The minimum atomic E-state index is -2.73. The Kier molecular flexibility index (Phi) is 7.68. The van der Waals surface area contributed by atoms with E-state index in [2.05, 4.69) is 0 Å². The van der Waals surface area contributed by atoms with Gasteiger partial charge in [-0.05, 0) is 43.8 Å². The minimum Gasteiger partial charge on any atom is -0.508 e. The van der Waals surface area contributed by atoms with Gasteiger partial charge in [-0.2, -0.15) is 11.8 Å². The molecule has 4 rings (SSSR count). The number of fused-ring (bicyclic) bond motifs is 3. The summed E-state index contributed by atoms with van der Waals surface area (Å²) in [6.07, 6.45) is -2.87. The van der Waals surface area contributed by atoms with Crippen LogP contribution in [0, 0.1) is 17.8 Å². The maximum Gasteiger partial charge on any atom is 0.255 e. The molecule has 0 spiro atoms. The number of phenolic OH excluding ortho intramolecular Hbond substituents is 1. The van der Waals surface area contributed by atoms with Crippen LogP contribution in [0.5, 0.6) is 5.75 Å². The molecule has 0 aliphatic heterocycles. The Labute approximate surface area is 223 Å². The van der Waals surface area contributed by atoms with Gasteiger partial charge in [-0.25, -0.2) is 0 Å². The van der Waals surface area contributed by atoms with E-state index >= 15 is 0 Å². The van der Waals surface area contributed by atoms with Crippen molar-refractivity contribution < 1.29 is 39.9 Å². The van der Waals surface area contributed by atoms with E-state index in [0.717, 1.165) is 6.42 Å². The van der Waals surface area contributed by atoms with E-state index in [-0.39, 0.29) is 11.3 Å². The number of nitrogens with zero attached hydrogens (tertiary/aromatic N) is 1. The van der Waals surface area contributed by atoms with Crippen molar-refractivity contribution in [2.75, 3.05) is 31.5 Å². The zero-order valence-corrected chi connectivity index (χ0v) is 21.9. The second-order valence-electron chi connectivity index (χ2n) is 10.1. The molecule has 4 unspecified atom stereocenters. The number of carbonyl (C=O) groups excluding carboxylic acids is 3. The molecule has 1 fully saturated rings. The first-order valence-electron chi connectivity index (χ1n) is 11.9. The van der Waals surface area contributed by atoms with Crippen LogP contribution in [0.3, 0.4) is 0 Å². The number of nitrogens with two attached hydrogens (primary N) is 1. The number of ketones is 2. The predicted octanol–water partition coefficient (Wildman–Crippen LogP) is 0.160. The van der Waals surface area contributed by atoms with Gasteiger partial charge in [0.05, 0.1) is 23.6 Å². The molecule has 1 aromatic rings. The third-order valence-corrected chi connectivity index (χ3v) is 9.40. The van der Waals surface area contributed by atoms with Gasteiger partial charge in [0.15, 0.2) is 17.2 Å². The number of aromatic hydroxyl groups is 1. The fourth-order valence-electron chi connectivity index (χ4n) is 6.42. The summed E-state index contributed by atoms with van der Waals surface area (Å²) in [5.74, 6) is -7.33. The number of alkyl halides is 1. The number of Topliss-reactive ketones (excluding diaryl/α,β-unsaturated/α-hetero) is 2. The molecule has 3 aliphatic rings. The monoisotopic (exact) mass is 554 g/mol. The van der Waals surface area contributed by atoms with E-state index in [1.807, 2.05) is 0 Å². The lowest BCUT2D eigenvalue weighted by atomic mass is 9.50. The highest BCUT2D eigenvalue weighted by Gasteiger charge is 2.70. The Bertz CT molecular complexity index is 1160. The summed E-state index contributed by atoms with van der Waals surface area (Å²) in [6, 6.07) is 3.26. The lowest BCUT2D eigenvalue weighted by Gasteiger charge is -2.59. The molecular weight excluding hydrogens is 524 g/mol. The number of hydrogen-bond donors (Lipinski definition) is 6. The Hall–Kier alpha value is -2.15. The van der Waals surface area contributed by atoms with E-state index in [1.54, 1.807) is 12.1 Å². The highest BCUT2D eigenvalue weighted by Crippen LogP contribution is 2.57. The van der Waals surface area contributed by atoms with Crippen LogP contribution in [-0.4, -0.2) is 103 Å². The molecule has 12 heteroatoms. The summed E-state index contributed by atoms with van der Waals surface area (Å²) in [7, 11) is 2.99. The van der Waals surface area contributed by atoms with Crippen molar-refractivity contribution in [3.8, 4) is 5.75 Å². The van der Waals surface area contributed by atoms with E-state index in [4.69, 9.17) is 17.3 Å². The molecule has 0 bridgehead atoms. The smallest absolute Gasteiger partial charge is 0.255 e. The Morgan fingerprint density at radius 1 is 1.19 bits per heavy atom. The zero-order chi connectivity index (χ0) is 27.4. The standard InChI is InChI=1S/C25H31ClN2O8S/c1-28(2)18-17-20(31)14-11(9-37-8-4-7-26)10-5-3-6-12(29)13(10)19(30)15(14)22(33)25(17,36)23(34)16(21(18)32)24(27)35/h3,5-6,11,14-15,17-18,20,22,29,31,33-34,36H,4,7-9H2,1-2H3,(H2,27,35)/t11-,14?,15?,17?,18-,20-,22?,25-/m0/s1. The number of hydrogen-bond acceptors (Lipinski definition) is 10. The number of phenols is 1. The lowest BCUT2D eigenvalue weighted by molar-refractivity contribution is -0.221. The number of aliphatic hydroxyl groups is 4. The number of rotatable bonds is 7. The molecule has 1 amide bonds. The van der Waals surface area contributed by atoms with E-state index in [9.17, 15) is 39.9 Å². The fraction of sp³-hybridized carbons (Fsp3) is 0.560.